The van der Waals surface area contributed by atoms with Gasteiger partial charge in [-0.3, -0.25) is 14.4 Å². The molecule has 2 aliphatic rings. The zero-order valence-electron chi connectivity index (χ0n) is 16.8. The molecule has 3 aromatic rings. The number of imidazole rings is 1. The summed E-state index contributed by atoms with van der Waals surface area (Å²) in [6.07, 6.45) is 5.37. The molecular weight excluding hydrogens is 364 g/mol. The Balaban J connectivity index is 1.46. The second-order valence-corrected chi connectivity index (χ2v) is 8.25. The van der Waals surface area contributed by atoms with Crippen molar-refractivity contribution in [3.05, 3.63) is 71.6 Å². The zero-order valence-corrected chi connectivity index (χ0v) is 16.8. The molecule has 0 aliphatic carbocycles. The number of H-pyrrole nitrogens is 1. The van der Waals surface area contributed by atoms with Gasteiger partial charge >= 0.3 is 0 Å². The molecule has 2 aromatic heterocycles. The summed E-state index contributed by atoms with van der Waals surface area (Å²) in [6.45, 7) is 5.71. The molecule has 0 bridgehead atoms. The minimum atomic E-state index is 0.0743. The van der Waals surface area contributed by atoms with Gasteiger partial charge in [0.25, 0.3) is 5.91 Å². The van der Waals surface area contributed by atoms with Crippen LogP contribution < -0.4 is 0 Å². The standard InChI is InChI=1S/C22H26N6O/c1-15-5-3-4-6-17(15)21-18-13-27(14-20-23-9-10-24-20)11-16(18)12-28(21)22(29)19-7-8-25-26(19)2/h3-10,16,18,21H,11-14H2,1-2H3,(H,23,24)/t16-,18-,21+/m0/s1. The highest BCUT2D eigenvalue weighted by molar-refractivity contribution is 5.93. The number of hydrogen-bond acceptors (Lipinski definition) is 4. The summed E-state index contributed by atoms with van der Waals surface area (Å²) >= 11 is 0. The van der Waals surface area contributed by atoms with Gasteiger partial charge in [0.1, 0.15) is 11.5 Å². The van der Waals surface area contributed by atoms with Crippen molar-refractivity contribution in [2.45, 2.75) is 19.5 Å². The minimum Gasteiger partial charge on any atom is -0.348 e. The lowest BCUT2D eigenvalue weighted by atomic mass is 9.87. The molecule has 2 fully saturated rings. The summed E-state index contributed by atoms with van der Waals surface area (Å²) in [4.78, 5) is 25.6. The van der Waals surface area contributed by atoms with Crippen molar-refractivity contribution in [3.8, 4) is 0 Å². The molecule has 2 aliphatic heterocycles. The van der Waals surface area contributed by atoms with Gasteiger partial charge in [0.15, 0.2) is 0 Å². The molecule has 2 saturated heterocycles. The number of benzene rings is 1. The van der Waals surface area contributed by atoms with Crippen molar-refractivity contribution in [1.82, 2.24) is 29.5 Å². The number of hydrogen-bond donors (Lipinski definition) is 1. The van der Waals surface area contributed by atoms with Crippen molar-refractivity contribution in [2.75, 3.05) is 19.6 Å². The van der Waals surface area contributed by atoms with Crippen LogP contribution in [0.2, 0.25) is 0 Å². The lowest BCUT2D eigenvalue weighted by Crippen LogP contribution is -2.36. The van der Waals surface area contributed by atoms with Gasteiger partial charge in [-0.25, -0.2) is 4.98 Å². The molecule has 0 radical (unpaired) electrons. The Labute approximate surface area is 170 Å². The number of likely N-dealkylation sites (tertiary alicyclic amines) is 2. The predicted octanol–water partition coefficient (Wildman–Crippen LogP) is 2.40. The van der Waals surface area contributed by atoms with Crippen LogP contribution in [-0.2, 0) is 13.6 Å². The second-order valence-electron chi connectivity index (χ2n) is 8.25. The Hall–Kier alpha value is -2.93. The third-order valence-electron chi connectivity index (χ3n) is 6.48. The monoisotopic (exact) mass is 390 g/mol. The minimum absolute atomic E-state index is 0.0743. The van der Waals surface area contributed by atoms with Crippen LogP contribution in [0.4, 0.5) is 0 Å². The SMILES string of the molecule is Cc1ccccc1[C@@H]1[C@H]2CN(Cc3ncc[nH]3)C[C@H]2CN1C(=O)c1ccnn1C. The summed E-state index contributed by atoms with van der Waals surface area (Å²) in [5.41, 5.74) is 3.15. The van der Waals surface area contributed by atoms with E-state index in [9.17, 15) is 4.79 Å². The molecular formula is C22H26N6O. The molecule has 1 N–H and O–H groups in total. The van der Waals surface area contributed by atoms with E-state index in [-0.39, 0.29) is 11.9 Å². The lowest BCUT2D eigenvalue weighted by molar-refractivity contribution is 0.0687. The van der Waals surface area contributed by atoms with Gasteiger partial charge in [-0.1, -0.05) is 24.3 Å². The smallest absolute Gasteiger partial charge is 0.272 e. The van der Waals surface area contributed by atoms with Crippen LogP contribution in [0.25, 0.3) is 0 Å². The topological polar surface area (TPSA) is 70.1 Å². The van der Waals surface area contributed by atoms with Gasteiger partial charge in [-0.05, 0) is 30.0 Å². The van der Waals surface area contributed by atoms with E-state index in [1.54, 1.807) is 17.1 Å². The number of aryl methyl sites for hydroxylation is 2. The number of fused-ring (bicyclic) bond motifs is 1. The van der Waals surface area contributed by atoms with Crippen molar-refractivity contribution in [1.29, 1.82) is 0 Å². The Morgan fingerprint density at radius 3 is 2.76 bits per heavy atom. The van der Waals surface area contributed by atoms with E-state index in [2.05, 4.69) is 56.1 Å². The second kappa shape index (κ2) is 7.15. The first-order chi connectivity index (χ1) is 14.1. The van der Waals surface area contributed by atoms with Gasteiger partial charge < -0.3 is 9.88 Å². The van der Waals surface area contributed by atoms with Gasteiger partial charge in [0, 0.05) is 51.2 Å². The average molecular weight is 390 g/mol. The van der Waals surface area contributed by atoms with Crippen LogP contribution in [0.1, 0.15) is 33.5 Å². The zero-order chi connectivity index (χ0) is 20.0. The van der Waals surface area contributed by atoms with E-state index in [1.165, 1.54) is 11.1 Å². The van der Waals surface area contributed by atoms with Crippen LogP contribution in [0.3, 0.4) is 0 Å². The fourth-order valence-corrected chi connectivity index (χ4v) is 5.12. The average Bonchev–Trinajstić information content (AvgIpc) is 3.47. The van der Waals surface area contributed by atoms with E-state index < -0.39 is 0 Å². The maximum atomic E-state index is 13.4. The van der Waals surface area contributed by atoms with E-state index in [0.29, 0.717) is 17.5 Å². The van der Waals surface area contributed by atoms with E-state index >= 15 is 0 Å². The quantitative estimate of drug-likeness (QED) is 0.743. The predicted molar refractivity (Wildman–Crippen MR) is 109 cm³/mol. The Kier molecular flexibility index (Phi) is 4.47. The number of aromatic amines is 1. The number of amides is 1. The third-order valence-corrected chi connectivity index (χ3v) is 6.48. The first kappa shape index (κ1) is 18.1. The van der Waals surface area contributed by atoms with Gasteiger partial charge in [-0.2, -0.15) is 5.10 Å². The first-order valence-electron chi connectivity index (χ1n) is 10.2. The molecule has 0 spiro atoms. The third kappa shape index (κ3) is 3.15. The fraction of sp³-hybridized carbons (Fsp3) is 0.409. The first-order valence-corrected chi connectivity index (χ1v) is 10.2. The number of nitrogens with one attached hydrogen (secondary N) is 1. The maximum absolute atomic E-state index is 13.4. The Morgan fingerprint density at radius 2 is 2.03 bits per heavy atom. The highest BCUT2D eigenvalue weighted by atomic mass is 16.2. The summed E-state index contributed by atoms with van der Waals surface area (Å²) in [6, 6.07) is 10.4. The van der Waals surface area contributed by atoms with E-state index in [0.717, 1.165) is 32.0 Å². The Bertz CT molecular complexity index is 1010. The lowest BCUT2D eigenvalue weighted by Gasteiger charge is -2.30. The normalized spacial score (nSPS) is 24.2. The van der Waals surface area contributed by atoms with Gasteiger partial charge in [0.2, 0.25) is 0 Å². The fourth-order valence-electron chi connectivity index (χ4n) is 5.12. The summed E-state index contributed by atoms with van der Waals surface area (Å²) < 4.78 is 1.68. The highest BCUT2D eigenvalue weighted by Crippen LogP contribution is 2.46. The molecule has 1 aromatic carbocycles. The molecule has 5 rings (SSSR count). The maximum Gasteiger partial charge on any atom is 0.272 e. The highest BCUT2D eigenvalue weighted by Gasteiger charge is 2.49. The van der Waals surface area contributed by atoms with Crippen molar-refractivity contribution in [2.24, 2.45) is 18.9 Å². The molecule has 7 nitrogen and oxygen atoms in total. The largest absolute Gasteiger partial charge is 0.348 e. The van der Waals surface area contributed by atoms with Crippen LogP contribution in [0.5, 0.6) is 0 Å². The Morgan fingerprint density at radius 1 is 1.17 bits per heavy atom. The molecule has 29 heavy (non-hydrogen) atoms. The van der Waals surface area contributed by atoms with Crippen LogP contribution in [0.15, 0.2) is 48.9 Å². The number of rotatable bonds is 4. The number of carbonyl (C=O) groups is 1. The van der Waals surface area contributed by atoms with Crippen molar-refractivity contribution in [3.63, 3.8) is 0 Å². The molecule has 0 saturated carbocycles. The van der Waals surface area contributed by atoms with E-state index in [4.69, 9.17) is 0 Å². The van der Waals surface area contributed by atoms with Crippen LogP contribution in [0, 0.1) is 18.8 Å². The van der Waals surface area contributed by atoms with Crippen molar-refractivity contribution >= 4 is 5.91 Å². The molecule has 0 unspecified atom stereocenters. The van der Waals surface area contributed by atoms with Crippen molar-refractivity contribution < 1.29 is 4.79 Å². The number of carbonyl (C=O) groups excluding carboxylic acids is 1. The molecule has 1 amide bonds. The summed E-state index contributed by atoms with van der Waals surface area (Å²) in [7, 11) is 1.83. The molecule has 3 atom stereocenters. The van der Waals surface area contributed by atoms with Crippen LogP contribution in [-0.4, -0.2) is 55.1 Å². The molecule has 7 heteroatoms. The van der Waals surface area contributed by atoms with Crippen LogP contribution >= 0.6 is 0 Å². The van der Waals surface area contributed by atoms with E-state index in [1.807, 2.05) is 19.3 Å². The summed E-state index contributed by atoms with van der Waals surface area (Å²) in [5, 5.41) is 4.20. The number of nitrogens with zero attached hydrogens (tertiary/aromatic N) is 5. The summed E-state index contributed by atoms with van der Waals surface area (Å²) in [5.74, 6) is 1.96. The molecule has 4 heterocycles. The molecule has 150 valence electrons. The van der Waals surface area contributed by atoms with Gasteiger partial charge in [0.05, 0.1) is 12.6 Å². The number of aromatic nitrogens is 4. The van der Waals surface area contributed by atoms with Gasteiger partial charge in [-0.15, -0.1) is 0 Å².